The quantitative estimate of drug-likeness (QED) is 0.187. The average Bonchev–Trinajstić information content (AvgIpc) is 3.71. The van der Waals surface area contributed by atoms with Crippen molar-refractivity contribution < 1.29 is 9.15 Å². The summed E-state index contributed by atoms with van der Waals surface area (Å²) in [6, 6.07) is 67.0. The highest BCUT2D eigenvalue weighted by Crippen LogP contribution is 2.62. The van der Waals surface area contributed by atoms with Gasteiger partial charge in [0.1, 0.15) is 22.7 Å². The van der Waals surface area contributed by atoms with E-state index >= 15 is 0 Å². The van der Waals surface area contributed by atoms with E-state index in [1.165, 1.54) is 33.4 Å². The molecule has 8 aromatic carbocycles. The molecule has 0 saturated carbocycles. The highest BCUT2D eigenvalue weighted by Gasteiger charge is 2.51. The number of ether oxygens (including phenoxy) is 1. The first-order valence-corrected chi connectivity index (χ1v) is 17.8. The second-order valence-electron chi connectivity index (χ2n) is 13.7. The molecule has 0 unspecified atom stereocenters. The fourth-order valence-corrected chi connectivity index (χ4v) is 8.73. The van der Waals surface area contributed by atoms with Gasteiger partial charge < -0.3 is 14.1 Å². The second-order valence-corrected chi connectivity index (χ2v) is 13.7. The minimum Gasteiger partial charge on any atom is -0.457 e. The Kier molecular flexibility index (Phi) is 6.17. The Morgan fingerprint density at radius 3 is 1.73 bits per heavy atom. The van der Waals surface area contributed by atoms with Crippen molar-refractivity contribution in [2.24, 2.45) is 0 Å². The lowest BCUT2D eigenvalue weighted by Gasteiger charge is -2.39. The molecular weight excluding hydrogens is 635 g/mol. The highest BCUT2D eigenvalue weighted by molar-refractivity contribution is 6.09. The predicted octanol–water partition coefficient (Wildman–Crippen LogP) is 13.2. The van der Waals surface area contributed by atoms with Crippen LogP contribution in [-0.2, 0) is 5.41 Å². The first-order valence-electron chi connectivity index (χ1n) is 17.8. The number of rotatable bonds is 4. The van der Waals surface area contributed by atoms with E-state index < -0.39 is 5.41 Å². The number of fused-ring (bicyclic) bond motifs is 12. The molecule has 2 heterocycles. The molecular formula is C49H31NO2. The van der Waals surface area contributed by atoms with Gasteiger partial charge in [-0.3, -0.25) is 0 Å². The smallest absolute Gasteiger partial charge is 0.135 e. The molecule has 1 aliphatic carbocycles. The zero-order valence-electron chi connectivity index (χ0n) is 28.2. The van der Waals surface area contributed by atoms with Crippen LogP contribution in [0.1, 0.15) is 22.3 Å². The van der Waals surface area contributed by atoms with Gasteiger partial charge in [0.15, 0.2) is 0 Å². The van der Waals surface area contributed by atoms with E-state index in [-0.39, 0.29) is 0 Å². The first-order chi connectivity index (χ1) is 25.8. The maximum atomic E-state index is 6.76. The summed E-state index contributed by atoms with van der Waals surface area (Å²) in [5.74, 6) is 1.77. The summed E-state index contributed by atoms with van der Waals surface area (Å²) in [5.41, 5.74) is 14.0. The average molecular weight is 666 g/mol. The van der Waals surface area contributed by atoms with Crippen LogP contribution in [0.2, 0.25) is 0 Å². The van der Waals surface area contributed by atoms with Crippen LogP contribution in [0.5, 0.6) is 11.5 Å². The van der Waals surface area contributed by atoms with E-state index in [9.17, 15) is 0 Å². The number of hydrogen-bond acceptors (Lipinski definition) is 3. The van der Waals surface area contributed by atoms with Gasteiger partial charge in [-0.2, -0.15) is 0 Å². The topological polar surface area (TPSA) is 25.6 Å². The van der Waals surface area contributed by atoms with Crippen LogP contribution in [-0.4, -0.2) is 0 Å². The summed E-state index contributed by atoms with van der Waals surface area (Å²) in [4.78, 5) is 2.33. The molecule has 0 saturated heterocycles. The molecule has 2 aliphatic rings. The van der Waals surface area contributed by atoms with E-state index in [0.29, 0.717) is 0 Å². The number of nitrogens with zero attached hydrogens (tertiary/aromatic N) is 1. The van der Waals surface area contributed by atoms with Gasteiger partial charge in [-0.05, 0) is 100 Å². The van der Waals surface area contributed by atoms with Gasteiger partial charge in [0.25, 0.3) is 0 Å². The van der Waals surface area contributed by atoms with Crippen LogP contribution in [0.3, 0.4) is 0 Å². The van der Waals surface area contributed by atoms with Crippen molar-refractivity contribution in [1.29, 1.82) is 0 Å². The van der Waals surface area contributed by atoms with Crippen LogP contribution < -0.4 is 9.64 Å². The van der Waals surface area contributed by atoms with Crippen LogP contribution >= 0.6 is 0 Å². The van der Waals surface area contributed by atoms with E-state index in [2.05, 4.69) is 193 Å². The monoisotopic (exact) mass is 665 g/mol. The van der Waals surface area contributed by atoms with Crippen molar-refractivity contribution in [2.75, 3.05) is 4.90 Å². The summed E-state index contributed by atoms with van der Waals surface area (Å²) >= 11 is 0. The zero-order chi connectivity index (χ0) is 34.2. The molecule has 0 radical (unpaired) electrons. The maximum absolute atomic E-state index is 6.76. The number of hydrogen-bond donors (Lipinski definition) is 0. The van der Waals surface area contributed by atoms with E-state index in [1.54, 1.807) is 0 Å². The number of anilines is 3. The minimum absolute atomic E-state index is 0.538. The summed E-state index contributed by atoms with van der Waals surface area (Å²) in [6.07, 6.45) is 0. The molecule has 0 bridgehead atoms. The Balaban J connectivity index is 1.14. The maximum Gasteiger partial charge on any atom is 0.135 e. The van der Waals surface area contributed by atoms with Gasteiger partial charge >= 0.3 is 0 Å². The lowest BCUT2D eigenvalue weighted by molar-refractivity contribution is 0.436. The van der Waals surface area contributed by atoms with Gasteiger partial charge in [-0.15, -0.1) is 0 Å². The Labute approximate surface area is 301 Å². The van der Waals surface area contributed by atoms with Gasteiger partial charge in [0.2, 0.25) is 0 Å². The molecule has 244 valence electrons. The molecule has 0 N–H and O–H groups in total. The fraction of sp³-hybridized carbons (Fsp3) is 0.0204. The second kappa shape index (κ2) is 11.1. The minimum atomic E-state index is -0.538. The third kappa shape index (κ3) is 4.08. The van der Waals surface area contributed by atoms with Gasteiger partial charge in [-0.25, -0.2) is 0 Å². The molecule has 1 aliphatic heterocycles. The summed E-state index contributed by atoms with van der Waals surface area (Å²) in [5, 5.41) is 2.18. The van der Waals surface area contributed by atoms with Crippen LogP contribution in [0.25, 0.3) is 44.2 Å². The molecule has 11 rings (SSSR count). The van der Waals surface area contributed by atoms with E-state index in [0.717, 1.165) is 61.6 Å². The summed E-state index contributed by atoms with van der Waals surface area (Å²) in [6.45, 7) is 0. The molecule has 0 amide bonds. The van der Waals surface area contributed by atoms with Crippen LogP contribution in [0.15, 0.2) is 192 Å². The molecule has 9 aromatic rings. The van der Waals surface area contributed by atoms with Crippen molar-refractivity contribution in [2.45, 2.75) is 5.41 Å². The van der Waals surface area contributed by atoms with Gasteiger partial charge in [0.05, 0.1) is 5.41 Å². The number of para-hydroxylation sites is 3. The molecule has 0 atom stereocenters. The summed E-state index contributed by atoms with van der Waals surface area (Å²) in [7, 11) is 0. The number of benzene rings is 8. The van der Waals surface area contributed by atoms with Crippen LogP contribution in [0.4, 0.5) is 17.1 Å². The summed E-state index contributed by atoms with van der Waals surface area (Å²) < 4.78 is 13.3. The van der Waals surface area contributed by atoms with Crippen LogP contribution in [0, 0.1) is 0 Å². The molecule has 1 spiro atoms. The van der Waals surface area contributed by atoms with E-state index in [1.807, 2.05) is 0 Å². The zero-order valence-corrected chi connectivity index (χ0v) is 28.2. The third-order valence-electron chi connectivity index (χ3n) is 10.9. The Morgan fingerprint density at radius 2 is 0.962 bits per heavy atom. The highest BCUT2D eigenvalue weighted by atomic mass is 16.5. The molecule has 3 heteroatoms. The predicted molar refractivity (Wildman–Crippen MR) is 211 cm³/mol. The van der Waals surface area contributed by atoms with Gasteiger partial charge in [0, 0.05) is 39.0 Å². The van der Waals surface area contributed by atoms with Gasteiger partial charge in [-0.1, -0.05) is 121 Å². The molecule has 52 heavy (non-hydrogen) atoms. The lowest BCUT2D eigenvalue weighted by atomic mass is 9.66. The standard InChI is InChI=1S/C49H31NO2/c1-3-14-32(15-4-1)33-16-13-19-35(28-33)50(34-17-5-2-6-18-34)36-26-27-45-39(29-36)40-30-38-37-20-7-8-21-41(37)49(44(38)31-48(40)51-45)42-22-9-11-24-46(42)52-47-25-12-10-23-43(47)49/h1-31H. The van der Waals surface area contributed by atoms with Crippen molar-refractivity contribution in [3.8, 4) is 33.8 Å². The molecule has 3 nitrogen and oxygen atoms in total. The normalized spacial score (nSPS) is 13.3. The Hall–Kier alpha value is -6.84. The van der Waals surface area contributed by atoms with Crippen molar-refractivity contribution in [3.05, 3.63) is 210 Å². The van der Waals surface area contributed by atoms with Crippen molar-refractivity contribution in [1.82, 2.24) is 0 Å². The van der Waals surface area contributed by atoms with Crippen molar-refractivity contribution >= 4 is 39.0 Å². The van der Waals surface area contributed by atoms with Crippen molar-refractivity contribution in [3.63, 3.8) is 0 Å². The number of furan rings is 1. The Morgan fingerprint density at radius 1 is 0.365 bits per heavy atom. The molecule has 1 aromatic heterocycles. The SMILES string of the molecule is c1ccc(-c2cccc(N(c3ccccc3)c3ccc4oc5cc6c(cc5c4c3)-c3ccccc3C63c4ccccc4Oc4ccccc43)c2)cc1. The first kappa shape index (κ1) is 28.9. The lowest BCUT2D eigenvalue weighted by Crippen LogP contribution is -2.32. The fourth-order valence-electron chi connectivity index (χ4n) is 8.73. The van der Waals surface area contributed by atoms with E-state index in [4.69, 9.17) is 9.15 Å². The molecule has 0 fully saturated rings. The Bertz CT molecular complexity index is 2790. The third-order valence-corrected chi connectivity index (χ3v) is 10.9. The largest absolute Gasteiger partial charge is 0.457 e.